The summed E-state index contributed by atoms with van der Waals surface area (Å²) in [5.74, 6) is -0.546. The van der Waals surface area contributed by atoms with Gasteiger partial charge in [-0.15, -0.1) is 24.0 Å². The first-order valence-corrected chi connectivity index (χ1v) is 8.61. The lowest BCUT2D eigenvalue weighted by molar-refractivity contribution is -0.149. The number of esters is 1. The van der Waals surface area contributed by atoms with Crippen molar-refractivity contribution < 1.29 is 18.3 Å². The molecule has 26 heavy (non-hydrogen) atoms. The number of guanidine groups is 1. The van der Waals surface area contributed by atoms with Crippen LogP contribution in [0, 0.1) is 17.6 Å². The molecule has 0 aliphatic carbocycles. The lowest BCUT2D eigenvalue weighted by Gasteiger charge is -2.34. The number of carbonyl (C=O) groups excluding carboxylic acids is 1. The quantitative estimate of drug-likeness (QED) is 0.304. The third kappa shape index (κ3) is 6.37. The molecule has 1 aliphatic heterocycles. The lowest BCUT2D eigenvalue weighted by atomic mass is 9.98. The molecule has 1 aliphatic rings. The van der Waals surface area contributed by atoms with Gasteiger partial charge in [0.15, 0.2) is 5.96 Å². The van der Waals surface area contributed by atoms with Gasteiger partial charge >= 0.3 is 5.97 Å². The SMILES string of the molecule is CCOC(=O)C1CCCN(C(=NC)NCCc2cc(F)ccc2F)C1.I. The van der Waals surface area contributed by atoms with Gasteiger partial charge in [-0.05, 0) is 49.9 Å². The smallest absolute Gasteiger partial charge is 0.310 e. The highest BCUT2D eigenvalue weighted by atomic mass is 127. The minimum Gasteiger partial charge on any atom is -0.466 e. The van der Waals surface area contributed by atoms with Gasteiger partial charge in [-0.3, -0.25) is 9.79 Å². The zero-order valence-corrected chi connectivity index (χ0v) is 17.5. The molecular weight excluding hydrogens is 455 g/mol. The summed E-state index contributed by atoms with van der Waals surface area (Å²) in [4.78, 5) is 18.2. The van der Waals surface area contributed by atoms with Gasteiger partial charge in [0.05, 0.1) is 12.5 Å². The maximum atomic E-state index is 13.7. The number of nitrogens with zero attached hydrogens (tertiary/aromatic N) is 2. The number of piperidine rings is 1. The topological polar surface area (TPSA) is 53.9 Å². The number of ether oxygens (including phenoxy) is 1. The summed E-state index contributed by atoms with van der Waals surface area (Å²) in [6, 6.07) is 3.44. The molecule has 1 fully saturated rings. The molecule has 0 bridgehead atoms. The highest BCUT2D eigenvalue weighted by Gasteiger charge is 2.28. The Morgan fingerprint density at radius 3 is 2.88 bits per heavy atom. The van der Waals surface area contributed by atoms with E-state index in [1.807, 2.05) is 4.90 Å². The number of carbonyl (C=O) groups is 1. The summed E-state index contributed by atoms with van der Waals surface area (Å²) in [5, 5.41) is 3.16. The zero-order valence-electron chi connectivity index (χ0n) is 15.1. The van der Waals surface area contributed by atoms with Gasteiger partial charge in [-0.1, -0.05) is 0 Å². The van der Waals surface area contributed by atoms with Crippen molar-refractivity contribution in [2.24, 2.45) is 10.9 Å². The zero-order chi connectivity index (χ0) is 18.2. The molecule has 8 heteroatoms. The van der Waals surface area contributed by atoms with Crippen LogP contribution in [0.1, 0.15) is 25.3 Å². The van der Waals surface area contributed by atoms with Crippen LogP contribution in [0.5, 0.6) is 0 Å². The molecule has 1 aromatic rings. The fraction of sp³-hybridized carbons (Fsp3) is 0.556. The van der Waals surface area contributed by atoms with Crippen molar-refractivity contribution in [3.05, 3.63) is 35.4 Å². The normalized spacial score (nSPS) is 17.5. The predicted octanol–water partition coefficient (Wildman–Crippen LogP) is 2.98. The Balaban J connectivity index is 0.00000338. The van der Waals surface area contributed by atoms with E-state index in [2.05, 4.69) is 10.3 Å². The van der Waals surface area contributed by atoms with Crippen molar-refractivity contribution in [2.75, 3.05) is 33.3 Å². The highest BCUT2D eigenvalue weighted by Crippen LogP contribution is 2.18. The molecule has 0 aromatic heterocycles. The van der Waals surface area contributed by atoms with Crippen LogP contribution in [0.4, 0.5) is 8.78 Å². The highest BCUT2D eigenvalue weighted by molar-refractivity contribution is 14.0. The maximum Gasteiger partial charge on any atom is 0.310 e. The first-order chi connectivity index (χ1) is 12.0. The van der Waals surface area contributed by atoms with Gasteiger partial charge in [-0.2, -0.15) is 0 Å². The number of hydrogen-bond acceptors (Lipinski definition) is 3. The summed E-state index contributed by atoms with van der Waals surface area (Å²) >= 11 is 0. The predicted molar refractivity (Wildman–Crippen MR) is 108 cm³/mol. The van der Waals surface area contributed by atoms with Gasteiger partial charge in [0, 0.05) is 26.7 Å². The number of rotatable bonds is 5. The Hall–Kier alpha value is -1.45. The molecule has 2 rings (SSSR count). The van der Waals surface area contributed by atoms with E-state index in [1.54, 1.807) is 14.0 Å². The molecule has 1 heterocycles. The van der Waals surface area contributed by atoms with E-state index in [0.717, 1.165) is 31.5 Å². The molecule has 1 aromatic carbocycles. The first kappa shape index (κ1) is 22.6. The van der Waals surface area contributed by atoms with Gasteiger partial charge in [-0.25, -0.2) is 8.78 Å². The molecular formula is C18H26F2IN3O2. The molecule has 5 nitrogen and oxygen atoms in total. The molecule has 0 saturated carbocycles. The van der Waals surface area contributed by atoms with Crippen molar-refractivity contribution >= 4 is 35.9 Å². The summed E-state index contributed by atoms with van der Waals surface area (Å²) in [5.41, 5.74) is 0.325. The second kappa shape index (κ2) is 11.3. The Labute approximate surface area is 170 Å². The van der Waals surface area contributed by atoms with Gasteiger partial charge < -0.3 is 15.0 Å². The molecule has 1 saturated heterocycles. The van der Waals surface area contributed by atoms with E-state index in [4.69, 9.17) is 4.74 Å². The van der Waals surface area contributed by atoms with Crippen LogP contribution < -0.4 is 5.32 Å². The minimum atomic E-state index is -0.450. The fourth-order valence-corrected chi connectivity index (χ4v) is 3.00. The molecule has 0 amide bonds. The van der Waals surface area contributed by atoms with Crippen LogP contribution in [-0.2, 0) is 16.0 Å². The number of nitrogens with one attached hydrogen (secondary N) is 1. The molecule has 0 spiro atoms. The molecule has 146 valence electrons. The van der Waals surface area contributed by atoms with Crippen molar-refractivity contribution in [2.45, 2.75) is 26.2 Å². The van der Waals surface area contributed by atoms with Crippen LogP contribution in [0.25, 0.3) is 0 Å². The fourth-order valence-electron chi connectivity index (χ4n) is 3.00. The summed E-state index contributed by atoms with van der Waals surface area (Å²) in [7, 11) is 1.67. The molecule has 1 unspecified atom stereocenters. The van der Waals surface area contributed by atoms with Crippen molar-refractivity contribution in [3.8, 4) is 0 Å². The van der Waals surface area contributed by atoms with Crippen LogP contribution in [0.2, 0.25) is 0 Å². The first-order valence-electron chi connectivity index (χ1n) is 8.61. The lowest BCUT2D eigenvalue weighted by Crippen LogP contribution is -2.48. The Morgan fingerprint density at radius 2 is 2.19 bits per heavy atom. The molecule has 0 radical (unpaired) electrons. The van der Waals surface area contributed by atoms with Crippen molar-refractivity contribution in [1.29, 1.82) is 0 Å². The average molecular weight is 481 g/mol. The van der Waals surface area contributed by atoms with Crippen molar-refractivity contribution in [1.82, 2.24) is 10.2 Å². The maximum absolute atomic E-state index is 13.7. The largest absolute Gasteiger partial charge is 0.466 e. The average Bonchev–Trinajstić information content (AvgIpc) is 2.62. The monoisotopic (exact) mass is 481 g/mol. The molecule has 1 atom stereocenters. The number of aliphatic imine (C=N–C) groups is 1. The van der Waals surface area contributed by atoms with Crippen LogP contribution in [-0.4, -0.2) is 50.1 Å². The van der Waals surface area contributed by atoms with Crippen LogP contribution in [0.15, 0.2) is 23.2 Å². The van der Waals surface area contributed by atoms with E-state index in [1.165, 1.54) is 6.07 Å². The van der Waals surface area contributed by atoms with E-state index in [-0.39, 0.29) is 35.9 Å². The standard InChI is InChI=1S/C18H25F2N3O2.HI/c1-3-25-17(24)14-5-4-10-23(12-14)18(21-2)22-9-8-13-11-15(19)6-7-16(13)20;/h6-7,11,14H,3-5,8-10,12H2,1-2H3,(H,21,22);1H. The number of benzene rings is 1. The van der Waals surface area contributed by atoms with Gasteiger partial charge in [0.2, 0.25) is 0 Å². The van der Waals surface area contributed by atoms with Gasteiger partial charge in [0.1, 0.15) is 11.6 Å². The third-order valence-corrected chi connectivity index (χ3v) is 4.24. The van der Waals surface area contributed by atoms with Gasteiger partial charge in [0.25, 0.3) is 0 Å². The van der Waals surface area contributed by atoms with E-state index in [0.29, 0.717) is 37.6 Å². The summed E-state index contributed by atoms with van der Waals surface area (Å²) < 4.78 is 32.0. The Bertz CT molecular complexity index is 628. The summed E-state index contributed by atoms with van der Waals surface area (Å²) in [6.07, 6.45) is 2.03. The van der Waals surface area contributed by atoms with E-state index < -0.39 is 11.6 Å². The van der Waals surface area contributed by atoms with E-state index >= 15 is 0 Å². The number of halogens is 3. The third-order valence-electron chi connectivity index (χ3n) is 4.24. The summed E-state index contributed by atoms with van der Waals surface area (Å²) in [6.45, 7) is 3.94. The number of hydrogen-bond donors (Lipinski definition) is 1. The van der Waals surface area contributed by atoms with Crippen molar-refractivity contribution in [3.63, 3.8) is 0 Å². The molecule has 1 N–H and O–H groups in total. The Kier molecular flexibility index (Phi) is 9.82. The van der Waals surface area contributed by atoms with Crippen LogP contribution in [0.3, 0.4) is 0 Å². The Morgan fingerprint density at radius 1 is 1.42 bits per heavy atom. The van der Waals surface area contributed by atoms with Crippen LogP contribution >= 0.6 is 24.0 Å². The van der Waals surface area contributed by atoms with E-state index in [9.17, 15) is 13.6 Å². The second-order valence-corrected chi connectivity index (χ2v) is 6.00. The number of likely N-dealkylation sites (tertiary alicyclic amines) is 1. The minimum absolute atomic E-state index is 0. The second-order valence-electron chi connectivity index (χ2n) is 6.00.